The van der Waals surface area contributed by atoms with E-state index >= 15 is 0 Å². The second-order valence-electron chi connectivity index (χ2n) is 9.15. The van der Waals surface area contributed by atoms with Crippen LogP contribution in [-0.4, -0.2) is 22.1 Å². The van der Waals surface area contributed by atoms with Crippen LogP contribution in [0, 0.1) is 6.92 Å². The van der Waals surface area contributed by atoms with Gasteiger partial charge in [-0.3, -0.25) is 4.79 Å². The lowest BCUT2D eigenvalue weighted by molar-refractivity contribution is 0.0949. The molecule has 1 heterocycles. The number of para-hydroxylation sites is 2. The highest BCUT2D eigenvalue weighted by atomic mass is 16.5. The van der Waals surface area contributed by atoms with Crippen LogP contribution in [-0.2, 0) is 13.1 Å². The van der Waals surface area contributed by atoms with Crippen molar-refractivity contribution in [2.24, 2.45) is 0 Å². The fraction of sp³-hybridized carbons (Fsp3) is 0.333. The minimum Gasteiger partial charge on any atom is -0.494 e. The first-order chi connectivity index (χ1) is 17.0. The number of amides is 1. The van der Waals surface area contributed by atoms with Gasteiger partial charge in [-0.25, -0.2) is 4.98 Å². The molecule has 0 bridgehead atoms. The quantitative estimate of drug-likeness (QED) is 0.250. The number of imidazole rings is 1. The van der Waals surface area contributed by atoms with Gasteiger partial charge in [-0.15, -0.1) is 0 Å². The average molecular weight is 470 g/mol. The zero-order valence-corrected chi connectivity index (χ0v) is 21.0. The van der Waals surface area contributed by atoms with Crippen molar-refractivity contribution in [3.05, 3.63) is 95.3 Å². The van der Waals surface area contributed by atoms with Crippen molar-refractivity contribution in [1.29, 1.82) is 0 Å². The number of benzene rings is 3. The van der Waals surface area contributed by atoms with Crippen molar-refractivity contribution in [2.45, 2.75) is 59.0 Å². The standard InChI is InChI=1S/C30H35N3O2/c1-4-23(3)24-15-17-26(18-16-24)35-20-8-7-19-33-28-10-6-5-9-27(28)32-29(33)21-31-30(34)25-13-11-22(2)12-14-25/h5-6,9-18,23H,4,7-8,19-21H2,1-3H3,(H,31,34). The molecule has 0 radical (unpaired) electrons. The van der Waals surface area contributed by atoms with Crippen LogP contribution in [0.4, 0.5) is 0 Å². The summed E-state index contributed by atoms with van der Waals surface area (Å²) < 4.78 is 8.18. The van der Waals surface area contributed by atoms with E-state index < -0.39 is 0 Å². The minimum absolute atomic E-state index is 0.0867. The van der Waals surface area contributed by atoms with Crippen molar-refractivity contribution >= 4 is 16.9 Å². The molecule has 182 valence electrons. The topological polar surface area (TPSA) is 56.1 Å². The highest BCUT2D eigenvalue weighted by Crippen LogP contribution is 2.22. The molecule has 3 aromatic carbocycles. The summed E-state index contributed by atoms with van der Waals surface area (Å²) in [6, 6.07) is 24.2. The van der Waals surface area contributed by atoms with E-state index in [1.165, 1.54) is 5.56 Å². The molecule has 0 spiro atoms. The number of carbonyl (C=O) groups is 1. The van der Waals surface area contributed by atoms with Gasteiger partial charge in [-0.1, -0.05) is 55.8 Å². The highest BCUT2D eigenvalue weighted by Gasteiger charge is 2.12. The number of ether oxygens (including phenoxy) is 1. The predicted molar refractivity (Wildman–Crippen MR) is 142 cm³/mol. The molecule has 35 heavy (non-hydrogen) atoms. The van der Waals surface area contributed by atoms with E-state index in [0.717, 1.165) is 54.0 Å². The predicted octanol–water partition coefficient (Wildman–Crippen LogP) is 6.65. The lowest BCUT2D eigenvalue weighted by Crippen LogP contribution is -2.24. The Labute approximate surface area is 208 Å². The molecule has 5 nitrogen and oxygen atoms in total. The van der Waals surface area contributed by atoms with Gasteiger partial charge in [0, 0.05) is 12.1 Å². The summed E-state index contributed by atoms with van der Waals surface area (Å²) in [6.45, 7) is 8.36. The zero-order chi connectivity index (χ0) is 24.6. The Morgan fingerprint density at radius 3 is 2.49 bits per heavy atom. The maximum Gasteiger partial charge on any atom is 0.251 e. The van der Waals surface area contributed by atoms with Crippen molar-refractivity contribution in [3.63, 3.8) is 0 Å². The number of fused-ring (bicyclic) bond motifs is 1. The molecule has 1 atom stereocenters. The van der Waals surface area contributed by atoms with Crippen LogP contribution < -0.4 is 10.1 Å². The van der Waals surface area contributed by atoms with E-state index in [2.05, 4.69) is 54.1 Å². The normalized spacial score (nSPS) is 12.0. The summed E-state index contributed by atoms with van der Waals surface area (Å²) in [7, 11) is 0. The van der Waals surface area contributed by atoms with Crippen LogP contribution in [0.3, 0.4) is 0 Å². The summed E-state index contributed by atoms with van der Waals surface area (Å²) in [5.41, 5.74) is 5.19. The van der Waals surface area contributed by atoms with Gasteiger partial charge < -0.3 is 14.6 Å². The molecule has 1 amide bonds. The molecule has 0 saturated carbocycles. The molecule has 1 aromatic heterocycles. The number of hydrogen-bond acceptors (Lipinski definition) is 3. The van der Waals surface area contributed by atoms with E-state index in [4.69, 9.17) is 9.72 Å². The number of hydrogen-bond donors (Lipinski definition) is 1. The van der Waals surface area contributed by atoms with Crippen LogP contribution in [0.1, 0.15) is 66.3 Å². The maximum atomic E-state index is 12.6. The Morgan fingerprint density at radius 2 is 1.74 bits per heavy atom. The molecular formula is C30H35N3O2. The Hall–Kier alpha value is -3.60. The van der Waals surface area contributed by atoms with Crippen LogP contribution in [0.15, 0.2) is 72.8 Å². The number of carbonyl (C=O) groups excluding carboxylic acids is 1. The van der Waals surface area contributed by atoms with Crippen LogP contribution in [0.2, 0.25) is 0 Å². The van der Waals surface area contributed by atoms with E-state index in [9.17, 15) is 4.79 Å². The van der Waals surface area contributed by atoms with Gasteiger partial charge in [-0.05, 0) is 74.1 Å². The third kappa shape index (κ3) is 6.30. The Morgan fingerprint density at radius 1 is 1.00 bits per heavy atom. The Bertz CT molecular complexity index is 1240. The second-order valence-corrected chi connectivity index (χ2v) is 9.15. The average Bonchev–Trinajstić information content (AvgIpc) is 3.24. The third-order valence-corrected chi connectivity index (χ3v) is 6.56. The molecular weight excluding hydrogens is 434 g/mol. The molecule has 4 rings (SSSR count). The maximum absolute atomic E-state index is 12.6. The first-order valence-corrected chi connectivity index (χ1v) is 12.6. The van der Waals surface area contributed by atoms with E-state index in [-0.39, 0.29) is 5.91 Å². The van der Waals surface area contributed by atoms with Gasteiger partial charge in [0.1, 0.15) is 11.6 Å². The molecule has 0 aliphatic carbocycles. The van der Waals surface area contributed by atoms with Gasteiger partial charge in [0.25, 0.3) is 5.91 Å². The Balaban J connectivity index is 1.33. The first-order valence-electron chi connectivity index (χ1n) is 12.6. The SMILES string of the molecule is CCC(C)c1ccc(OCCCCn2c(CNC(=O)c3ccc(C)cc3)nc3ccccc32)cc1. The number of nitrogens with one attached hydrogen (secondary N) is 1. The lowest BCUT2D eigenvalue weighted by atomic mass is 9.99. The van der Waals surface area contributed by atoms with Crippen molar-refractivity contribution < 1.29 is 9.53 Å². The summed E-state index contributed by atoms with van der Waals surface area (Å²) in [6.07, 6.45) is 3.04. The highest BCUT2D eigenvalue weighted by molar-refractivity contribution is 5.94. The van der Waals surface area contributed by atoms with Crippen LogP contribution in [0.25, 0.3) is 11.0 Å². The third-order valence-electron chi connectivity index (χ3n) is 6.56. The van der Waals surface area contributed by atoms with Gasteiger partial charge in [0.05, 0.1) is 24.2 Å². The second kappa shape index (κ2) is 11.7. The van der Waals surface area contributed by atoms with Gasteiger partial charge >= 0.3 is 0 Å². The van der Waals surface area contributed by atoms with Gasteiger partial charge in [0.15, 0.2) is 0 Å². The molecule has 4 aromatic rings. The number of rotatable bonds is 11. The number of aryl methyl sites for hydroxylation is 2. The zero-order valence-electron chi connectivity index (χ0n) is 21.0. The number of unbranched alkanes of at least 4 members (excludes halogenated alkanes) is 1. The minimum atomic E-state index is -0.0867. The molecule has 0 aliphatic heterocycles. The van der Waals surface area contributed by atoms with Gasteiger partial charge in [-0.2, -0.15) is 0 Å². The van der Waals surface area contributed by atoms with Crippen LogP contribution >= 0.6 is 0 Å². The monoisotopic (exact) mass is 469 g/mol. The first kappa shape index (κ1) is 24.5. The summed E-state index contributed by atoms with van der Waals surface area (Å²) in [4.78, 5) is 17.4. The lowest BCUT2D eigenvalue weighted by Gasteiger charge is -2.12. The summed E-state index contributed by atoms with van der Waals surface area (Å²) in [5, 5.41) is 3.03. The van der Waals surface area contributed by atoms with Crippen LogP contribution in [0.5, 0.6) is 5.75 Å². The van der Waals surface area contributed by atoms with Crippen molar-refractivity contribution in [3.8, 4) is 5.75 Å². The number of aromatic nitrogens is 2. The Kier molecular flexibility index (Phi) is 8.19. The molecule has 0 fully saturated rings. The summed E-state index contributed by atoms with van der Waals surface area (Å²) in [5.74, 6) is 2.28. The molecule has 5 heteroatoms. The van der Waals surface area contributed by atoms with E-state index in [1.54, 1.807) is 0 Å². The van der Waals surface area contributed by atoms with Crippen molar-refractivity contribution in [2.75, 3.05) is 6.61 Å². The van der Waals surface area contributed by atoms with E-state index in [0.29, 0.717) is 24.6 Å². The van der Waals surface area contributed by atoms with Crippen molar-refractivity contribution in [1.82, 2.24) is 14.9 Å². The molecule has 0 saturated heterocycles. The largest absolute Gasteiger partial charge is 0.494 e. The molecule has 0 aliphatic rings. The van der Waals surface area contributed by atoms with E-state index in [1.807, 2.05) is 49.4 Å². The fourth-order valence-corrected chi connectivity index (χ4v) is 4.17. The van der Waals surface area contributed by atoms with Gasteiger partial charge in [0.2, 0.25) is 0 Å². The smallest absolute Gasteiger partial charge is 0.251 e. The molecule has 1 unspecified atom stereocenters. The summed E-state index contributed by atoms with van der Waals surface area (Å²) >= 11 is 0. The fourth-order valence-electron chi connectivity index (χ4n) is 4.17. The molecule has 1 N–H and O–H groups in total. The number of nitrogens with zero attached hydrogens (tertiary/aromatic N) is 2.